The van der Waals surface area contributed by atoms with Crippen LogP contribution in [0.3, 0.4) is 0 Å². The van der Waals surface area contributed by atoms with Gasteiger partial charge in [-0.15, -0.1) is 0 Å². The lowest BCUT2D eigenvalue weighted by atomic mass is 10.4. The molecule has 0 saturated heterocycles. The Morgan fingerprint density at radius 1 is 1.50 bits per heavy atom. The molecule has 0 heterocycles. The molecule has 2 N–H and O–H groups in total. The van der Waals surface area contributed by atoms with Crippen LogP contribution in [-0.4, -0.2) is 44.5 Å². The molecule has 0 aliphatic heterocycles. The van der Waals surface area contributed by atoms with Gasteiger partial charge in [-0.05, 0) is 19.1 Å². The smallest absolute Gasteiger partial charge is 0.325 e. The van der Waals surface area contributed by atoms with Crippen LogP contribution in [0, 0.1) is 0 Å². The highest BCUT2D eigenvalue weighted by Crippen LogP contribution is 1.82. The van der Waals surface area contributed by atoms with Gasteiger partial charge >= 0.3 is 5.97 Å². The van der Waals surface area contributed by atoms with Gasteiger partial charge in [0.15, 0.2) is 5.11 Å². The fourth-order valence-corrected chi connectivity index (χ4v) is 1.06. The Morgan fingerprint density at radius 2 is 2.14 bits per heavy atom. The van der Waals surface area contributed by atoms with E-state index in [1.165, 1.54) is 7.11 Å². The maximum Gasteiger partial charge on any atom is 0.325 e. The number of rotatable bonds is 5. The molecule has 1 atom stereocenters. The molecule has 0 saturated carbocycles. The maximum atomic E-state index is 10.7. The second kappa shape index (κ2) is 7.52. The van der Waals surface area contributed by atoms with E-state index in [0.717, 1.165) is 0 Å². The minimum atomic E-state index is -0.353. The molecule has 1 unspecified atom stereocenters. The van der Waals surface area contributed by atoms with E-state index < -0.39 is 0 Å². The van der Waals surface area contributed by atoms with Gasteiger partial charge in [0, 0.05) is 13.2 Å². The minimum Gasteiger partial charge on any atom is -0.468 e. The number of esters is 1. The standard InChI is InChI=1S/C8H16N2O3S/c1-6(5-12-2)10-8(14)9-4-7(11)13-3/h6H,4-5H2,1-3H3,(H2,9,10,14). The summed E-state index contributed by atoms with van der Waals surface area (Å²) < 4.78 is 9.35. The second-order valence-electron chi connectivity index (χ2n) is 2.76. The third-order valence-corrected chi connectivity index (χ3v) is 1.68. The first-order valence-electron chi connectivity index (χ1n) is 4.20. The van der Waals surface area contributed by atoms with Crippen LogP contribution in [0.2, 0.25) is 0 Å². The Labute approximate surface area is 89.1 Å². The molecule has 0 radical (unpaired) electrons. The highest BCUT2D eigenvalue weighted by molar-refractivity contribution is 7.80. The number of ether oxygens (including phenoxy) is 2. The first-order chi connectivity index (χ1) is 6.60. The number of carbonyl (C=O) groups is 1. The Hall–Kier alpha value is -0.880. The van der Waals surface area contributed by atoms with E-state index in [4.69, 9.17) is 17.0 Å². The molecule has 0 aliphatic carbocycles. The summed E-state index contributed by atoms with van der Waals surface area (Å²) >= 11 is 4.93. The zero-order valence-corrected chi connectivity index (χ0v) is 9.44. The minimum absolute atomic E-state index is 0.0715. The van der Waals surface area contributed by atoms with E-state index >= 15 is 0 Å². The van der Waals surface area contributed by atoms with Crippen molar-refractivity contribution in [3.8, 4) is 0 Å². The molecule has 0 rings (SSSR count). The molecule has 0 aromatic rings. The number of hydrogen-bond donors (Lipinski definition) is 2. The molecule has 0 aromatic heterocycles. The van der Waals surface area contributed by atoms with Gasteiger partial charge in [0.05, 0.1) is 13.7 Å². The fourth-order valence-electron chi connectivity index (χ4n) is 0.791. The van der Waals surface area contributed by atoms with Crippen LogP contribution in [0.25, 0.3) is 0 Å². The third-order valence-electron chi connectivity index (χ3n) is 1.42. The summed E-state index contributed by atoms with van der Waals surface area (Å²) in [5.74, 6) is -0.353. The Bertz CT molecular complexity index is 199. The Kier molecular flexibility index (Phi) is 7.04. The van der Waals surface area contributed by atoms with Crippen molar-refractivity contribution in [3.05, 3.63) is 0 Å². The highest BCUT2D eigenvalue weighted by atomic mass is 32.1. The van der Waals surface area contributed by atoms with Crippen molar-refractivity contribution in [3.63, 3.8) is 0 Å². The molecule has 0 aliphatic rings. The summed E-state index contributed by atoms with van der Waals surface area (Å²) in [7, 11) is 2.94. The molecule has 5 nitrogen and oxygen atoms in total. The van der Waals surface area contributed by atoms with Crippen LogP contribution in [0.15, 0.2) is 0 Å². The van der Waals surface area contributed by atoms with Crippen molar-refractivity contribution < 1.29 is 14.3 Å². The van der Waals surface area contributed by atoms with Gasteiger partial charge in [-0.2, -0.15) is 0 Å². The number of thiocarbonyl (C=S) groups is 1. The number of methoxy groups -OCH3 is 2. The van der Waals surface area contributed by atoms with Crippen LogP contribution >= 0.6 is 12.2 Å². The zero-order chi connectivity index (χ0) is 11.0. The van der Waals surface area contributed by atoms with E-state index in [1.54, 1.807) is 7.11 Å². The molecule has 0 aromatic carbocycles. The first kappa shape index (κ1) is 13.1. The van der Waals surface area contributed by atoms with Crippen molar-refractivity contribution in [2.24, 2.45) is 0 Å². The molecular formula is C8H16N2O3S. The average molecular weight is 220 g/mol. The monoisotopic (exact) mass is 220 g/mol. The topological polar surface area (TPSA) is 59.6 Å². The number of hydrogen-bond acceptors (Lipinski definition) is 4. The summed E-state index contributed by atoms with van der Waals surface area (Å²) in [6.07, 6.45) is 0. The van der Waals surface area contributed by atoms with Crippen molar-refractivity contribution in [1.29, 1.82) is 0 Å². The first-order valence-corrected chi connectivity index (χ1v) is 4.61. The van der Waals surface area contributed by atoms with Crippen molar-refractivity contribution in [2.75, 3.05) is 27.4 Å². The summed E-state index contributed by atoms with van der Waals surface area (Å²) in [6.45, 7) is 2.55. The molecule has 0 amide bonds. The van der Waals surface area contributed by atoms with E-state index in [-0.39, 0.29) is 18.6 Å². The van der Waals surface area contributed by atoms with E-state index in [1.807, 2.05) is 6.92 Å². The molecular weight excluding hydrogens is 204 g/mol. The summed E-state index contributed by atoms with van der Waals surface area (Å²) in [5.41, 5.74) is 0. The zero-order valence-electron chi connectivity index (χ0n) is 8.62. The highest BCUT2D eigenvalue weighted by Gasteiger charge is 2.04. The number of carbonyl (C=O) groups excluding carboxylic acids is 1. The van der Waals surface area contributed by atoms with Crippen LogP contribution < -0.4 is 10.6 Å². The third kappa shape index (κ3) is 6.62. The van der Waals surface area contributed by atoms with Crippen molar-refractivity contribution in [1.82, 2.24) is 10.6 Å². The van der Waals surface area contributed by atoms with Gasteiger partial charge in [0.1, 0.15) is 6.54 Å². The largest absolute Gasteiger partial charge is 0.468 e. The SMILES string of the molecule is COCC(C)NC(=S)NCC(=O)OC. The maximum absolute atomic E-state index is 10.7. The predicted octanol–water partition coefficient (Wildman–Crippen LogP) is -0.342. The molecule has 0 fully saturated rings. The van der Waals surface area contributed by atoms with Gasteiger partial charge in [-0.3, -0.25) is 4.79 Å². The lowest BCUT2D eigenvalue weighted by Gasteiger charge is -2.15. The summed E-state index contributed by atoms with van der Waals surface area (Å²) in [6, 6.07) is 0.109. The summed E-state index contributed by atoms with van der Waals surface area (Å²) in [4.78, 5) is 10.7. The molecule has 82 valence electrons. The lowest BCUT2D eigenvalue weighted by Crippen LogP contribution is -2.44. The Morgan fingerprint density at radius 3 is 2.64 bits per heavy atom. The second-order valence-corrected chi connectivity index (χ2v) is 3.17. The van der Waals surface area contributed by atoms with Gasteiger partial charge in [-0.25, -0.2) is 0 Å². The number of nitrogens with one attached hydrogen (secondary N) is 2. The van der Waals surface area contributed by atoms with E-state index in [2.05, 4.69) is 15.4 Å². The molecule has 14 heavy (non-hydrogen) atoms. The van der Waals surface area contributed by atoms with Crippen LogP contribution in [0.4, 0.5) is 0 Å². The molecule has 0 bridgehead atoms. The van der Waals surface area contributed by atoms with Crippen LogP contribution in [-0.2, 0) is 14.3 Å². The van der Waals surface area contributed by atoms with Crippen LogP contribution in [0.5, 0.6) is 0 Å². The van der Waals surface area contributed by atoms with Gasteiger partial charge in [0.2, 0.25) is 0 Å². The van der Waals surface area contributed by atoms with Crippen molar-refractivity contribution >= 4 is 23.3 Å². The molecule has 6 heteroatoms. The van der Waals surface area contributed by atoms with E-state index in [0.29, 0.717) is 11.7 Å². The van der Waals surface area contributed by atoms with Gasteiger partial charge in [0.25, 0.3) is 0 Å². The fraction of sp³-hybridized carbons (Fsp3) is 0.750. The van der Waals surface area contributed by atoms with E-state index in [9.17, 15) is 4.79 Å². The average Bonchev–Trinajstić information content (AvgIpc) is 2.14. The lowest BCUT2D eigenvalue weighted by molar-refractivity contribution is -0.139. The summed E-state index contributed by atoms with van der Waals surface area (Å²) in [5, 5.41) is 6.08. The van der Waals surface area contributed by atoms with Gasteiger partial charge < -0.3 is 20.1 Å². The van der Waals surface area contributed by atoms with Gasteiger partial charge in [-0.1, -0.05) is 0 Å². The quantitative estimate of drug-likeness (QED) is 0.488. The molecule has 0 spiro atoms. The Balaban J connectivity index is 3.59. The predicted molar refractivity (Wildman–Crippen MR) is 57.1 cm³/mol. The normalized spacial score (nSPS) is 11.6. The van der Waals surface area contributed by atoms with Crippen molar-refractivity contribution in [2.45, 2.75) is 13.0 Å². The van der Waals surface area contributed by atoms with Crippen LogP contribution in [0.1, 0.15) is 6.92 Å².